The van der Waals surface area contributed by atoms with E-state index in [4.69, 9.17) is 5.11 Å². The SMILES string of the molecule is CC.CC.CN=Cc1cc(-c2ccc(C(C)=O)cc2)ccc1C.CNC(=O)C(C)C(=O)CO. The van der Waals surface area contributed by atoms with Crippen LogP contribution in [-0.2, 0) is 9.59 Å². The molecule has 0 aliphatic heterocycles. The molecule has 0 fully saturated rings. The van der Waals surface area contributed by atoms with Crippen molar-refractivity contribution in [3.63, 3.8) is 0 Å². The van der Waals surface area contributed by atoms with Gasteiger partial charge in [0.25, 0.3) is 0 Å². The minimum Gasteiger partial charge on any atom is -0.389 e. The van der Waals surface area contributed by atoms with E-state index in [0.717, 1.165) is 22.3 Å². The van der Waals surface area contributed by atoms with Crippen molar-refractivity contribution in [3.05, 3.63) is 59.2 Å². The van der Waals surface area contributed by atoms with E-state index in [1.807, 2.05) is 58.2 Å². The second kappa shape index (κ2) is 18.5. The zero-order valence-electron chi connectivity index (χ0n) is 21.5. The summed E-state index contributed by atoms with van der Waals surface area (Å²) >= 11 is 0. The Morgan fingerprint density at radius 2 is 1.52 bits per heavy atom. The average Bonchev–Trinajstić information content (AvgIpc) is 2.87. The number of amides is 1. The van der Waals surface area contributed by atoms with E-state index < -0.39 is 18.3 Å². The molecule has 0 aliphatic rings. The molecule has 1 atom stereocenters. The standard InChI is InChI=1S/C17H17NO.C6H11NO3.2C2H6/c1-12-4-5-16(10-17(12)11-18-3)15-8-6-14(7-9-15)13(2)19;1-4(5(9)3-8)6(10)7-2;2*1-2/h4-11H,1-3H3;4,8H,3H2,1-2H3,(H,7,10);2*1-2H3. The molecular weight excluding hydrogens is 416 g/mol. The number of hydrogen-bond donors (Lipinski definition) is 2. The van der Waals surface area contributed by atoms with Crippen LogP contribution in [0.1, 0.15) is 63.0 Å². The third-order valence-corrected chi connectivity index (χ3v) is 4.45. The van der Waals surface area contributed by atoms with Gasteiger partial charge >= 0.3 is 0 Å². The van der Waals surface area contributed by atoms with E-state index in [2.05, 4.69) is 35.4 Å². The van der Waals surface area contributed by atoms with Crippen LogP contribution in [-0.4, -0.2) is 49.5 Å². The van der Waals surface area contributed by atoms with Crippen LogP contribution in [0.3, 0.4) is 0 Å². The number of aliphatic imine (C=N–C) groups is 1. The number of carbonyl (C=O) groups excluding carboxylic acids is 3. The molecule has 1 unspecified atom stereocenters. The lowest BCUT2D eigenvalue weighted by Gasteiger charge is -2.06. The minimum absolute atomic E-state index is 0.0919. The number of ketones is 2. The Balaban J connectivity index is 0. The van der Waals surface area contributed by atoms with Gasteiger partial charge in [-0.3, -0.25) is 19.4 Å². The lowest BCUT2D eigenvalue weighted by molar-refractivity contribution is -0.134. The molecular formula is C27H40N2O4. The molecule has 0 spiro atoms. The molecule has 2 aromatic rings. The number of benzene rings is 2. The van der Waals surface area contributed by atoms with E-state index >= 15 is 0 Å². The maximum absolute atomic E-state index is 11.3. The van der Waals surface area contributed by atoms with Crippen LogP contribution in [0, 0.1) is 12.8 Å². The molecule has 6 nitrogen and oxygen atoms in total. The number of rotatable bonds is 6. The summed E-state index contributed by atoms with van der Waals surface area (Å²) in [6.45, 7) is 12.5. The zero-order valence-corrected chi connectivity index (χ0v) is 21.5. The number of aliphatic hydroxyl groups excluding tert-OH is 1. The molecule has 6 heteroatoms. The van der Waals surface area contributed by atoms with Gasteiger partial charge in [-0.25, -0.2) is 0 Å². The van der Waals surface area contributed by atoms with Crippen LogP contribution in [0.15, 0.2) is 47.5 Å². The van der Waals surface area contributed by atoms with Crippen LogP contribution in [0.4, 0.5) is 0 Å². The zero-order chi connectivity index (χ0) is 26.0. The normalized spacial score (nSPS) is 10.4. The van der Waals surface area contributed by atoms with Crippen molar-refractivity contribution >= 4 is 23.7 Å². The molecule has 33 heavy (non-hydrogen) atoms. The fourth-order valence-electron chi connectivity index (χ4n) is 2.50. The van der Waals surface area contributed by atoms with Crippen molar-refractivity contribution in [1.82, 2.24) is 5.32 Å². The second-order valence-electron chi connectivity index (χ2n) is 6.55. The summed E-state index contributed by atoms with van der Waals surface area (Å²) in [5.41, 5.74) is 5.31. The van der Waals surface area contributed by atoms with Crippen LogP contribution in [0.25, 0.3) is 11.1 Å². The summed E-state index contributed by atoms with van der Waals surface area (Å²) in [6, 6.07) is 14.0. The van der Waals surface area contributed by atoms with E-state index in [9.17, 15) is 14.4 Å². The number of nitrogens with one attached hydrogen (secondary N) is 1. The quantitative estimate of drug-likeness (QED) is 0.367. The summed E-state index contributed by atoms with van der Waals surface area (Å²) in [5.74, 6) is -1.47. The topological polar surface area (TPSA) is 95.8 Å². The average molecular weight is 457 g/mol. The monoisotopic (exact) mass is 456 g/mol. The molecule has 0 saturated heterocycles. The van der Waals surface area contributed by atoms with Crippen molar-refractivity contribution in [2.45, 2.75) is 48.5 Å². The molecule has 1 amide bonds. The summed E-state index contributed by atoms with van der Waals surface area (Å²) in [7, 11) is 3.22. The van der Waals surface area contributed by atoms with Crippen molar-refractivity contribution in [2.75, 3.05) is 20.7 Å². The van der Waals surface area contributed by atoms with Gasteiger partial charge in [-0.15, -0.1) is 0 Å². The Morgan fingerprint density at radius 3 is 1.94 bits per heavy atom. The van der Waals surface area contributed by atoms with Crippen LogP contribution in [0.5, 0.6) is 0 Å². The maximum atomic E-state index is 11.3. The lowest BCUT2D eigenvalue weighted by Crippen LogP contribution is -2.32. The number of carbonyl (C=O) groups is 3. The van der Waals surface area contributed by atoms with E-state index in [0.29, 0.717) is 0 Å². The minimum atomic E-state index is -0.741. The van der Waals surface area contributed by atoms with Crippen molar-refractivity contribution in [3.8, 4) is 11.1 Å². The first-order chi connectivity index (χ1) is 15.7. The van der Waals surface area contributed by atoms with E-state index in [-0.39, 0.29) is 11.7 Å². The Labute approximate surface area is 199 Å². The molecule has 0 aromatic heterocycles. The highest BCUT2D eigenvalue weighted by Crippen LogP contribution is 2.22. The molecule has 2 aromatic carbocycles. The smallest absolute Gasteiger partial charge is 0.230 e. The van der Waals surface area contributed by atoms with Gasteiger partial charge in [0.05, 0.1) is 5.92 Å². The molecule has 182 valence electrons. The molecule has 0 saturated carbocycles. The Morgan fingerprint density at radius 1 is 1.00 bits per heavy atom. The van der Waals surface area contributed by atoms with Crippen LogP contribution in [0.2, 0.25) is 0 Å². The Bertz CT molecular complexity index is 871. The van der Waals surface area contributed by atoms with Gasteiger partial charge in [0.1, 0.15) is 6.61 Å². The first-order valence-electron chi connectivity index (χ1n) is 11.2. The molecule has 2 rings (SSSR count). The van der Waals surface area contributed by atoms with Gasteiger partial charge in [-0.1, -0.05) is 64.1 Å². The predicted molar refractivity (Wildman–Crippen MR) is 138 cm³/mol. The number of Topliss-reactive ketones (excluding diaryl/α,β-unsaturated/α-hetero) is 2. The molecule has 0 heterocycles. The first-order valence-corrected chi connectivity index (χ1v) is 11.2. The highest BCUT2D eigenvalue weighted by atomic mass is 16.3. The summed E-state index contributed by atoms with van der Waals surface area (Å²) < 4.78 is 0. The van der Waals surface area contributed by atoms with Gasteiger partial charge in [-0.2, -0.15) is 0 Å². The maximum Gasteiger partial charge on any atom is 0.230 e. The highest BCUT2D eigenvalue weighted by Gasteiger charge is 2.18. The van der Waals surface area contributed by atoms with Gasteiger partial charge in [0.2, 0.25) is 5.91 Å². The Kier molecular flexibility index (Phi) is 17.9. The van der Waals surface area contributed by atoms with E-state index in [1.165, 1.54) is 19.5 Å². The molecule has 0 aliphatic carbocycles. The fourth-order valence-corrected chi connectivity index (χ4v) is 2.50. The van der Waals surface area contributed by atoms with Gasteiger partial charge in [0.15, 0.2) is 11.6 Å². The molecule has 2 N–H and O–H groups in total. The summed E-state index contributed by atoms with van der Waals surface area (Å²) in [4.78, 5) is 36.6. The van der Waals surface area contributed by atoms with Crippen molar-refractivity contribution in [2.24, 2.45) is 10.9 Å². The number of nitrogens with zero attached hydrogens (tertiary/aromatic N) is 1. The second-order valence-corrected chi connectivity index (χ2v) is 6.55. The fraction of sp³-hybridized carbons (Fsp3) is 0.407. The first kappa shape index (κ1) is 32.1. The van der Waals surface area contributed by atoms with Crippen LogP contribution < -0.4 is 5.32 Å². The number of aliphatic hydroxyl groups is 1. The third kappa shape index (κ3) is 11.3. The summed E-state index contributed by atoms with van der Waals surface area (Å²) in [5, 5.41) is 10.6. The predicted octanol–water partition coefficient (Wildman–Crippen LogP) is 4.90. The van der Waals surface area contributed by atoms with E-state index in [1.54, 1.807) is 14.0 Å². The third-order valence-electron chi connectivity index (χ3n) is 4.45. The largest absolute Gasteiger partial charge is 0.389 e. The molecule has 0 radical (unpaired) electrons. The number of aryl methyl sites for hydroxylation is 1. The Hall–Kier alpha value is -3.12. The van der Waals surface area contributed by atoms with Crippen molar-refractivity contribution < 1.29 is 19.5 Å². The van der Waals surface area contributed by atoms with Crippen molar-refractivity contribution in [1.29, 1.82) is 0 Å². The van der Waals surface area contributed by atoms with Gasteiger partial charge in [-0.05, 0) is 49.1 Å². The highest BCUT2D eigenvalue weighted by molar-refractivity contribution is 6.01. The summed E-state index contributed by atoms with van der Waals surface area (Å²) in [6.07, 6.45) is 1.86. The number of hydrogen-bond acceptors (Lipinski definition) is 5. The van der Waals surface area contributed by atoms with Gasteiger partial charge < -0.3 is 10.4 Å². The van der Waals surface area contributed by atoms with Crippen LogP contribution >= 0.6 is 0 Å². The molecule has 0 bridgehead atoms. The lowest BCUT2D eigenvalue weighted by atomic mass is 9.99. The van der Waals surface area contributed by atoms with Gasteiger partial charge in [0, 0.05) is 25.9 Å².